The lowest BCUT2D eigenvalue weighted by Crippen LogP contribution is -2.21. The molecule has 1 unspecified atom stereocenters. The van der Waals surface area contributed by atoms with Crippen LogP contribution in [-0.2, 0) is 9.09 Å². The van der Waals surface area contributed by atoms with Crippen LogP contribution in [0.3, 0.4) is 0 Å². The van der Waals surface area contributed by atoms with Gasteiger partial charge < -0.3 is 4.52 Å². The summed E-state index contributed by atoms with van der Waals surface area (Å²) in [5.74, 6) is -0.160. The van der Waals surface area contributed by atoms with Crippen molar-refractivity contribution in [3.8, 4) is 0 Å². The van der Waals surface area contributed by atoms with Gasteiger partial charge in [-0.3, -0.25) is 9.36 Å². The van der Waals surface area contributed by atoms with Crippen LogP contribution in [0.25, 0.3) is 0 Å². The first kappa shape index (κ1) is 17.7. The molecule has 0 aromatic heterocycles. The molecule has 122 valence electrons. The van der Waals surface area contributed by atoms with E-state index >= 15 is 0 Å². The summed E-state index contributed by atoms with van der Waals surface area (Å²) in [6.07, 6.45) is -0.114. The van der Waals surface area contributed by atoms with E-state index in [1.54, 1.807) is 36.4 Å². The predicted octanol–water partition coefficient (Wildman–Crippen LogP) is 4.54. The van der Waals surface area contributed by atoms with Gasteiger partial charge in [0.15, 0.2) is 5.78 Å². The zero-order valence-electron chi connectivity index (χ0n) is 13.9. The normalized spacial score (nSPS) is 14.2. The van der Waals surface area contributed by atoms with Gasteiger partial charge in [-0.15, -0.1) is 0 Å². The number of ketones is 1. The van der Waals surface area contributed by atoms with E-state index in [4.69, 9.17) is 4.52 Å². The summed E-state index contributed by atoms with van der Waals surface area (Å²) in [6, 6.07) is 17.9. The Labute approximate surface area is 138 Å². The molecular formula is C19H23O3P. The smallest absolute Gasteiger partial charge is 0.239 e. The Morgan fingerprint density at radius 2 is 1.48 bits per heavy atom. The van der Waals surface area contributed by atoms with Crippen molar-refractivity contribution in [2.45, 2.75) is 20.8 Å². The zero-order chi connectivity index (χ0) is 16.9. The topological polar surface area (TPSA) is 43.4 Å². The number of benzene rings is 2. The summed E-state index contributed by atoms with van der Waals surface area (Å²) < 4.78 is 19.2. The summed E-state index contributed by atoms with van der Waals surface area (Å²) in [6.45, 7) is 6.38. The fourth-order valence-corrected chi connectivity index (χ4v) is 4.27. The molecule has 0 bridgehead atoms. The van der Waals surface area contributed by atoms with Gasteiger partial charge in [-0.25, -0.2) is 0 Å². The highest BCUT2D eigenvalue weighted by atomic mass is 31.2. The van der Waals surface area contributed by atoms with Crippen molar-refractivity contribution in [2.24, 2.45) is 5.41 Å². The van der Waals surface area contributed by atoms with Crippen LogP contribution < -0.4 is 5.30 Å². The number of Topliss-reactive ketones (excluding diaryl/α,β-unsaturated/α-hetero) is 1. The average molecular weight is 330 g/mol. The summed E-state index contributed by atoms with van der Waals surface area (Å²) >= 11 is 0. The van der Waals surface area contributed by atoms with Crippen LogP contribution in [0.2, 0.25) is 0 Å². The predicted molar refractivity (Wildman–Crippen MR) is 94.7 cm³/mol. The highest BCUT2D eigenvalue weighted by molar-refractivity contribution is 7.67. The van der Waals surface area contributed by atoms with Crippen molar-refractivity contribution in [1.29, 1.82) is 0 Å². The third-order valence-corrected chi connectivity index (χ3v) is 5.64. The van der Waals surface area contributed by atoms with Gasteiger partial charge >= 0.3 is 0 Å². The number of hydrogen-bond acceptors (Lipinski definition) is 3. The molecule has 1 atom stereocenters. The molecule has 2 rings (SSSR count). The number of rotatable bonds is 6. The molecule has 0 saturated carbocycles. The molecule has 0 fully saturated rings. The maximum atomic E-state index is 13.4. The standard InChI is InChI=1S/C19H23O3P/c1-19(2,3)15-22-23(21,17-12-8-5-9-13-17)14-18(20)16-10-6-4-7-11-16/h4-13H,14-15H2,1-3H3. The van der Waals surface area contributed by atoms with E-state index in [0.29, 0.717) is 17.5 Å². The summed E-state index contributed by atoms with van der Waals surface area (Å²) in [4.78, 5) is 12.5. The lowest BCUT2D eigenvalue weighted by atomic mass is 9.99. The second-order valence-corrected chi connectivity index (χ2v) is 9.23. The van der Waals surface area contributed by atoms with Crippen LogP contribution in [0.5, 0.6) is 0 Å². The highest BCUT2D eigenvalue weighted by Crippen LogP contribution is 2.47. The third-order valence-electron chi connectivity index (χ3n) is 3.30. The highest BCUT2D eigenvalue weighted by Gasteiger charge is 2.31. The Hall–Kier alpha value is -1.70. The van der Waals surface area contributed by atoms with Gasteiger partial charge in [-0.2, -0.15) is 0 Å². The van der Waals surface area contributed by atoms with Gasteiger partial charge in [0, 0.05) is 10.9 Å². The fraction of sp³-hybridized carbons (Fsp3) is 0.316. The summed E-state index contributed by atoms with van der Waals surface area (Å²) in [5.41, 5.74) is 0.434. The quantitative estimate of drug-likeness (QED) is 0.577. The number of carbonyl (C=O) groups excluding carboxylic acids is 1. The lowest BCUT2D eigenvalue weighted by Gasteiger charge is -2.24. The minimum absolute atomic E-state index is 0.114. The average Bonchev–Trinajstić information content (AvgIpc) is 2.54. The number of carbonyl (C=O) groups is 1. The van der Waals surface area contributed by atoms with Crippen LogP contribution in [-0.4, -0.2) is 18.6 Å². The van der Waals surface area contributed by atoms with Gasteiger partial charge in [0.1, 0.15) is 0 Å². The van der Waals surface area contributed by atoms with Gasteiger partial charge in [-0.1, -0.05) is 69.3 Å². The Kier molecular flexibility index (Phi) is 5.56. The Morgan fingerprint density at radius 3 is 2.00 bits per heavy atom. The van der Waals surface area contributed by atoms with E-state index < -0.39 is 7.37 Å². The van der Waals surface area contributed by atoms with Crippen LogP contribution in [0, 0.1) is 5.41 Å². The van der Waals surface area contributed by atoms with Crippen molar-refractivity contribution in [2.75, 3.05) is 12.8 Å². The summed E-state index contributed by atoms with van der Waals surface area (Å²) in [7, 11) is -3.24. The molecular weight excluding hydrogens is 307 g/mol. The molecule has 2 aromatic carbocycles. The van der Waals surface area contributed by atoms with Crippen molar-refractivity contribution in [3.05, 3.63) is 66.2 Å². The molecule has 0 heterocycles. The van der Waals surface area contributed by atoms with E-state index in [0.717, 1.165) is 0 Å². The molecule has 0 amide bonds. The van der Waals surface area contributed by atoms with Crippen molar-refractivity contribution in [1.82, 2.24) is 0 Å². The molecule has 0 aliphatic rings. The first-order valence-electron chi connectivity index (χ1n) is 7.68. The SMILES string of the molecule is CC(C)(C)COP(=O)(CC(=O)c1ccccc1)c1ccccc1. The van der Waals surface area contributed by atoms with Gasteiger partial charge in [0.2, 0.25) is 7.37 Å². The van der Waals surface area contributed by atoms with E-state index in [9.17, 15) is 9.36 Å². The maximum Gasteiger partial charge on any atom is 0.239 e. The Morgan fingerprint density at radius 1 is 0.957 bits per heavy atom. The number of hydrogen-bond donors (Lipinski definition) is 0. The van der Waals surface area contributed by atoms with E-state index in [2.05, 4.69) is 0 Å². The van der Waals surface area contributed by atoms with Crippen LogP contribution in [0.15, 0.2) is 60.7 Å². The third kappa shape index (κ3) is 5.16. The molecule has 3 nitrogen and oxygen atoms in total. The Balaban J connectivity index is 2.27. The van der Waals surface area contributed by atoms with Gasteiger partial charge in [0.25, 0.3) is 0 Å². The molecule has 2 aromatic rings. The molecule has 4 heteroatoms. The second kappa shape index (κ2) is 7.25. The van der Waals surface area contributed by atoms with Crippen LogP contribution in [0.1, 0.15) is 31.1 Å². The molecule has 0 radical (unpaired) electrons. The molecule has 0 aliphatic carbocycles. The first-order chi connectivity index (χ1) is 10.8. The van der Waals surface area contributed by atoms with Crippen molar-refractivity contribution in [3.63, 3.8) is 0 Å². The van der Waals surface area contributed by atoms with Gasteiger partial charge in [-0.05, 0) is 17.5 Å². The minimum Gasteiger partial charge on any atom is -0.324 e. The summed E-state index contributed by atoms with van der Waals surface area (Å²) in [5, 5.41) is 0.591. The monoisotopic (exact) mass is 330 g/mol. The maximum absolute atomic E-state index is 13.4. The molecule has 0 saturated heterocycles. The molecule has 0 spiro atoms. The first-order valence-corrected chi connectivity index (χ1v) is 9.49. The largest absolute Gasteiger partial charge is 0.324 e. The second-order valence-electron chi connectivity index (χ2n) is 6.79. The minimum atomic E-state index is -3.24. The van der Waals surface area contributed by atoms with Crippen LogP contribution >= 0.6 is 7.37 Å². The van der Waals surface area contributed by atoms with E-state index in [1.165, 1.54) is 0 Å². The fourth-order valence-electron chi connectivity index (χ4n) is 2.07. The van der Waals surface area contributed by atoms with Gasteiger partial charge in [0.05, 0.1) is 12.8 Å². The Bertz CT molecular complexity index is 688. The van der Waals surface area contributed by atoms with E-state index in [-0.39, 0.29) is 17.4 Å². The lowest BCUT2D eigenvalue weighted by molar-refractivity contribution is 0.101. The molecule has 0 aliphatic heterocycles. The molecule has 23 heavy (non-hydrogen) atoms. The molecule has 0 N–H and O–H groups in total. The van der Waals surface area contributed by atoms with Crippen molar-refractivity contribution < 1.29 is 13.9 Å². The van der Waals surface area contributed by atoms with E-state index in [1.807, 2.05) is 45.0 Å². The van der Waals surface area contributed by atoms with Crippen molar-refractivity contribution >= 4 is 18.5 Å². The zero-order valence-corrected chi connectivity index (χ0v) is 14.8. The van der Waals surface area contributed by atoms with Crippen LogP contribution in [0.4, 0.5) is 0 Å².